The van der Waals surface area contributed by atoms with Gasteiger partial charge in [0.05, 0.1) is 0 Å². The van der Waals surface area contributed by atoms with Crippen LogP contribution < -0.4 is 0 Å². The van der Waals surface area contributed by atoms with E-state index in [2.05, 4.69) is 37.7 Å². The molecule has 0 aliphatic carbocycles. The number of rotatable bonds is 7. The second-order valence-corrected chi connectivity index (χ2v) is 5.38. The molecular weight excluding hydrogens is 228 g/mol. The van der Waals surface area contributed by atoms with E-state index in [1.165, 1.54) is 37.0 Å². The quantitative estimate of drug-likeness (QED) is 0.232. The SMILES string of the molecule is CCCCCCCC(N=[N+]=[N-])C(C)(C)C.[N-]=[N+]=[N-]. The molecule has 18 heavy (non-hydrogen) atoms. The molecule has 0 spiro atoms. The van der Waals surface area contributed by atoms with Gasteiger partial charge in [-0.2, -0.15) is 0 Å². The first-order chi connectivity index (χ1) is 8.43. The normalized spacial score (nSPS) is 11.6. The van der Waals surface area contributed by atoms with Gasteiger partial charge in [-0.3, -0.25) is 4.91 Å². The fraction of sp³-hybridized carbons (Fsp3) is 1.00. The van der Waals surface area contributed by atoms with Crippen LogP contribution in [0.5, 0.6) is 0 Å². The molecule has 0 aromatic heterocycles. The first kappa shape index (κ1) is 19.0. The van der Waals surface area contributed by atoms with Crippen LogP contribution >= 0.6 is 0 Å². The summed E-state index contributed by atoms with van der Waals surface area (Å²) in [5, 5.41) is 3.89. The third kappa shape index (κ3) is 12.7. The lowest BCUT2D eigenvalue weighted by molar-refractivity contribution is 0.298. The summed E-state index contributed by atoms with van der Waals surface area (Å²) in [5.74, 6) is 0. The van der Waals surface area contributed by atoms with E-state index in [1.807, 2.05) is 0 Å². The maximum absolute atomic E-state index is 8.50. The van der Waals surface area contributed by atoms with E-state index in [0.717, 1.165) is 6.42 Å². The molecule has 0 saturated heterocycles. The zero-order valence-corrected chi connectivity index (χ0v) is 12.0. The fourth-order valence-electron chi connectivity index (χ4n) is 1.67. The van der Waals surface area contributed by atoms with E-state index < -0.39 is 0 Å². The highest BCUT2D eigenvalue weighted by molar-refractivity contribution is 4.80. The summed E-state index contributed by atoms with van der Waals surface area (Å²) >= 11 is 0. The predicted molar refractivity (Wildman–Crippen MR) is 75.8 cm³/mol. The minimum atomic E-state index is 0.0942. The molecular formula is C12H25N6-. The van der Waals surface area contributed by atoms with Crippen molar-refractivity contribution in [3.05, 3.63) is 26.4 Å². The van der Waals surface area contributed by atoms with Crippen molar-refractivity contribution in [2.75, 3.05) is 0 Å². The summed E-state index contributed by atoms with van der Waals surface area (Å²) in [5.41, 5.74) is 22.1. The van der Waals surface area contributed by atoms with Crippen molar-refractivity contribution < 1.29 is 0 Å². The molecule has 1 unspecified atom stereocenters. The highest BCUT2D eigenvalue weighted by atomic mass is 15.2. The molecule has 0 amide bonds. The molecule has 1 atom stereocenters. The van der Waals surface area contributed by atoms with Crippen LogP contribution in [0, 0.1) is 5.41 Å². The summed E-state index contributed by atoms with van der Waals surface area (Å²) < 4.78 is 0. The zero-order valence-electron chi connectivity index (χ0n) is 12.0. The highest BCUT2D eigenvalue weighted by Gasteiger charge is 2.22. The standard InChI is InChI=1S/C12H25N3.N3/c1-5-6-7-8-9-10-11(14-15-13)12(2,3)4;1-3-2/h11H,5-10H2,1-4H3;/q;-1. The van der Waals surface area contributed by atoms with Crippen LogP contribution in [0.3, 0.4) is 0 Å². The Morgan fingerprint density at radius 1 is 1.00 bits per heavy atom. The first-order valence-corrected chi connectivity index (χ1v) is 6.46. The van der Waals surface area contributed by atoms with Crippen LogP contribution in [0.1, 0.15) is 66.2 Å². The summed E-state index contributed by atoms with van der Waals surface area (Å²) in [6, 6.07) is 0.143. The van der Waals surface area contributed by atoms with Gasteiger partial charge >= 0.3 is 0 Å². The maximum Gasteiger partial charge on any atom is 0.0422 e. The second kappa shape index (κ2) is 12.1. The number of azide groups is 1. The lowest BCUT2D eigenvalue weighted by Crippen LogP contribution is -2.23. The van der Waals surface area contributed by atoms with Gasteiger partial charge in [-0.25, -0.2) is 0 Å². The molecule has 0 aliphatic rings. The molecule has 6 heteroatoms. The largest absolute Gasteiger partial charge is 0.373 e. The van der Waals surface area contributed by atoms with E-state index >= 15 is 0 Å². The van der Waals surface area contributed by atoms with E-state index in [9.17, 15) is 0 Å². The van der Waals surface area contributed by atoms with Gasteiger partial charge in [0.15, 0.2) is 0 Å². The van der Waals surface area contributed by atoms with Crippen LogP contribution in [0.4, 0.5) is 0 Å². The summed E-state index contributed by atoms with van der Waals surface area (Å²) in [6.45, 7) is 8.63. The van der Waals surface area contributed by atoms with Crippen molar-refractivity contribution in [3.8, 4) is 0 Å². The predicted octanol–water partition coefficient (Wildman–Crippen LogP) is 5.94. The second-order valence-electron chi connectivity index (χ2n) is 5.38. The molecule has 0 rings (SSSR count). The van der Waals surface area contributed by atoms with Gasteiger partial charge in [0.2, 0.25) is 0 Å². The van der Waals surface area contributed by atoms with Crippen LogP contribution in [0.25, 0.3) is 26.4 Å². The van der Waals surface area contributed by atoms with Gasteiger partial charge in [0.1, 0.15) is 0 Å². The molecule has 0 aliphatic heterocycles. The Kier molecular flexibility index (Phi) is 12.7. The molecule has 0 saturated carbocycles. The zero-order chi connectivity index (χ0) is 14.4. The Bertz CT molecular complexity index is 269. The van der Waals surface area contributed by atoms with Gasteiger partial charge in [0.25, 0.3) is 0 Å². The highest BCUT2D eigenvalue weighted by Crippen LogP contribution is 2.27. The van der Waals surface area contributed by atoms with Gasteiger partial charge in [-0.05, 0) is 17.4 Å². The molecule has 0 N–H and O–H groups in total. The Balaban J connectivity index is 0. The Morgan fingerprint density at radius 2 is 1.50 bits per heavy atom. The molecule has 104 valence electrons. The fourth-order valence-corrected chi connectivity index (χ4v) is 1.67. The van der Waals surface area contributed by atoms with Crippen molar-refractivity contribution in [2.45, 2.75) is 72.3 Å². The monoisotopic (exact) mass is 253 g/mol. The molecule has 0 aromatic carbocycles. The molecule has 0 heterocycles. The van der Waals surface area contributed by atoms with Gasteiger partial charge in [-0.15, -0.1) is 0 Å². The lowest BCUT2D eigenvalue weighted by atomic mass is 9.84. The van der Waals surface area contributed by atoms with E-state index in [-0.39, 0.29) is 11.5 Å². The number of hydrogen-bond acceptors (Lipinski definition) is 1. The average Bonchev–Trinajstić information content (AvgIpc) is 2.27. The summed E-state index contributed by atoms with van der Waals surface area (Å²) in [7, 11) is 0. The molecule has 6 nitrogen and oxygen atoms in total. The molecule has 0 aromatic rings. The smallest absolute Gasteiger partial charge is 0.0422 e. The average molecular weight is 253 g/mol. The summed E-state index contributed by atoms with van der Waals surface area (Å²) in [6.07, 6.45) is 7.38. The Labute approximate surface area is 110 Å². The van der Waals surface area contributed by atoms with Gasteiger partial charge in [0, 0.05) is 11.0 Å². The lowest BCUT2D eigenvalue weighted by Gasteiger charge is -2.26. The Hall–Kier alpha value is -1.38. The van der Waals surface area contributed by atoms with Crippen molar-refractivity contribution >= 4 is 0 Å². The number of unbranched alkanes of at least 4 members (excludes halogenated alkanes) is 4. The van der Waals surface area contributed by atoms with Crippen LogP contribution in [-0.4, -0.2) is 6.04 Å². The van der Waals surface area contributed by atoms with E-state index in [4.69, 9.17) is 16.6 Å². The Morgan fingerprint density at radius 3 is 1.89 bits per heavy atom. The third-order valence-electron chi connectivity index (χ3n) is 2.77. The van der Waals surface area contributed by atoms with Crippen LogP contribution in [0.2, 0.25) is 0 Å². The minimum absolute atomic E-state index is 0.0942. The minimum Gasteiger partial charge on any atom is -0.373 e. The van der Waals surface area contributed by atoms with E-state index in [1.54, 1.807) is 0 Å². The van der Waals surface area contributed by atoms with Crippen LogP contribution in [0.15, 0.2) is 5.11 Å². The third-order valence-corrected chi connectivity index (χ3v) is 2.77. The number of hydrogen-bond donors (Lipinski definition) is 0. The first-order valence-electron chi connectivity index (χ1n) is 6.46. The van der Waals surface area contributed by atoms with Crippen molar-refractivity contribution in [2.24, 2.45) is 10.5 Å². The summed E-state index contributed by atoms with van der Waals surface area (Å²) in [4.78, 5) is 4.44. The van der Waals surface area contributed by atoms with Crippen molar-refractivity contribution in [1.29, 1.82) is 0 Å². The van der Waals surface area contributed by atoms with Gasteiger partial charge in [-0.1, -0.05) is 64.9 Å². The van der Waals surface area contributed by atoms with Crippen molar-refractivity contribution in [1.82, 2.24) is 0 Å². The van der Waals surface area contributed by atoms with Crippen LogP contribution in [-0.2, 0) is 0 Å². The van der Waals surface area contributed by atoms with E-state index in [0.29, 0.717) is 0 Å². The van der Waals surface area contributed by atoms with Crippen molar-refractivity contribution in [3.63, 3.8) is 0 Å². The maximum atomic E-state index is 8.50. The number of nitrogens with zero attached hydrogens (tertiary/aromatic N) is 6. The molecule has 0 radical (unpaired) electrons. The molecule has 0 bridgehead atoms. The topological polar surface area (TPSA) is 107 Å². The molecule has 0 fully saturated rings. The van der Waals surface area contributed by atoms with Gasteiger partial charge < -0.3 is 11.1 Å².